The van der Waals surface area contributed by atoms with Crippen LogP contribution in [0.4, 0.5) is 0 Å². The van der Waals surface area contributed by atoms with Crippen LogP contribution in [-0.4, -0.2) is 52.9 Å². The number of piperidine rings is 1. The fraction of sp³-hybridized carbons (Fsp3) is 0.857. The maximum absolute atomic E-state index is 12.5. The Balaban J connectivity index is 2.58. The number of hydrogen-bond donors (Lipinski definition) is 1. The summed E-state index contributed by atoms with van der Waals surface area (Å²) in [5, 5.41) is 0. The van der Waals surface area contributed by atoms with Crippen molar-refractivity contribution in [3.63, 3.8) is 0 Å². The molecule has 1 aliphatic heterocycles. The maximum Gasteiger partial charge on any atom is 0.239 e. The molecule has 2 atom stereocenters. The molecule has 5 heteroatoms. The fourth-order valence-corrected chi connectivity index (χ4v) is 2.61. The van der Waals surface area contributed by atoms with Gasteiger partial charge in [0.1, 0.15) is 0 Å². The number of carbonyl (C=O) groups excluding carboxylic acids is 1. The van der Waals surface area contributed by atoms with Gasteiger partial charge >= 0.3 is 0 Å². The zero-order valence-electron chi connectivity index (χ0n) is 12.4. The van der Waals surface area contributed by atoms with Gasteiger partial charge in [-0.05, 0) is 32.7 Å². The Bertz CT molecular complexity index is 316. The van der Waals surface area contributed by atoms with Crippen LogP contribution in [0.1, 0.15) is 40.0 Å². The monoisotopic (exact) mass is 285 g/mol. The lowest BCUT2D eigenvalue weighted by molar-refractivity contribution is -0.137. The SMILES string of the molecule is CCN(CC(C)C(N)=S)C(C)C(=O)N1CCCCC1. The molecule has 0 radical (unpaired) electrons. The molecule has 110 valence electrons. The Morgan fingerprint density at radius 2 is 1.89 bits per heavy atom. The number of amides is 1. The third-order valence-electron chi connectivity index (χ3n) is 3.97. The highest BCUT2D eigenvalue weighted by atomic mass is 32.1. The molecule has 2 unspecified atom stereocenters. The van der Waals surface area contributed by atoms with Crippen LogP contribution in [0.3, 0.4) is 0 Å². The van der Waals surface area contributed by atoms with Gasteiger partial charge in [0, 0.05) is 25.6 Å². The van der Waals surface area contributed by atoms with Crippen LogP contribution in [0.25, 0.3) is 0 Å². The second kappa shape index (κ2) is 7.80. The van der Waals surface area contributed by atoms with Gasteiger partial charge in [-0.15, -0.1) is 0 Å². The van der Waals surface area contributed by atoms with Gasteiger partial charge in [-0.3, -0.25) is 9.69 Å². The molecule has 1 heterocycles. The number of likely N-dealkylation sites (N-methyl/N-ethyl adjacent to an activating group) is 1. The molecule has 0 aromatic heterocycles. The first-order valence-electron chi connectivity index (χ1n) is 7.29. The van der Waals surface area contributed by atoms with Crippen LogP contribution in [0.2, 0.25) is 0 Å². The minimum absolute atomic E-state index is 0.0834. The molecular formula is C14H27N3OS. The number of carbonyl (C=O) groups is 1. The minimum atomic E-state index is -0.0834. The average Bonchev–Trinajstić information content (AvgIpc) is 2.43. The van der Waals surface area contributed by atoms with Gasteiger partial charge in [0.2, 0.25) is 5.91 Å². The largest absolute Gasteiger partial charge is 0.393 e. The standard InChI is InChI=1S/C14H27N3OS/c1-4-16(10-11(2)13(15)19)12(3)14(18)17-8-6-5-7-9-17/h11-12H,4-10H2,1-3H3,(H2,15,19). The first-order chi connectivity index (χ1) is 8.97. The second-order valence-corrected chi connectivity index (χ2v) is 5.92. The molecule has 2 N–H and O–H groups in total. The van der Waals surface area contributed by atoms with E-state index in [0.717, 1.165) is 39.0 Å². The van der Waals surface area contributed by atoms with Crippen LogP contribution in [-0.2, 0) is 4.79 Å². The van der Waals surface area contributed by atoms with E-state index in [1.165, 1.54) is 6.42 Å². The molecule has 1 fully saturated rings. The first-order valence-corrected chi connectivity index (χ1v) is 7.70. The molecular weight excluding hydrogens is 258 g/mol. The van der Waals surface area contributed by atoms with Gasteiger partial charge in [0.05, 0.1) is 11.0 Å². The summed E-state index contributed by atoms with van der Waals surface area (Å²) in [6.07, 6.45) is 3.51. The highest BCUT2D eigenvalue weighted by Gasteiger charge is 2.27. The zero-order valence-corrected chi connectivity index (χ0v) is 13.2. The summed E-state index contributed by atoms with van der Waals surface area (Å²) in [6.45, 7) is 9.50. The maximum atomic E-state index is 12.5. The number of nitrogens with zero attached hydrogens (tertiary/aromatic N) is 2. The predicted molar refractivity (Wildman–Crippen MR) is 83.1 cm³/mol. The highest BCUT2D eigenvalue weighted by Crippen LogP contribution is 2.13. The van der Waals surface area contributed by atoms with E-state index >= 15 is 0 Å². The molecule has 1 saturated heterocycles. The summed E-state index contributed by atoms with van der Waals surface area (Å²) < 4.78 is 0. The van der Waals surface area contributed by atoms with Gasteiger partial charge in [-0.1, -0.05) is 26.1 Å². The second-order valence-electron chi connectivity index (χ2n) is 5.45. The number of thiocarbonyl (C=S) groups is 1. The smallest absolute Gasteiger partial charge is 0.239 e. The van der Waals surface area contributed by atoms with Crippen molar-refractivity contribution in [2.45, 2.75) is 46.1 Å². The molecule has 1 rings (SSSR count). The summed E-state index contributed by atoms with van der Waals surface area (Å²) >= 11 is 5.02. The molecule has 0 spiro atoms. The van der Waals surface area contributed by atoms with Crippen molar-refractivity contribution < 1.29 is 4.79 Å². The van der Waals surface area contributed by atoms with Gasteiger partial charge in [-0.2, -0.15) is 0 Å². The third kappa shape index (κ3) is 4.73. The number of likely N-dealkylation sites (tertiary alicyclic amines) is 1. The topological polar surface area (TPSA) is 49.6 Å². The van der Waals surface area contributed by atoms with Crippen molar-refractivity contribution in [2.75, 3.05) is 26.2 Å². The number of hydrogen-bond acceptors (Lipinski definition) is 3. The van der Waals surface area contributed by atoms with Gasteiger partial charge < -0.3 is 10.6 Å². The average molecular weight is 285 g/mol. The molecule has 0 aromatic rings. The summed E-state index contributed by atoms with van der Waals surface area (Å²) in [5.74, 6) is 0.392. The molecule has 0 aliphatic carbocycles. The summed E-state index contributed by atoms with van der Waals surface area (Å²) in [5.41, 5.74) is 5.67. The Kier molecular flexibility index (Phi) is 6.72. The number of rotatable bonds is 6. The quantitative estimate of drug-likeness (QED) is 0.754. The summed E-state index contributed by atoms with van der Waals surface area (Å²) in [4.78, 5) is 17.2. The van der Waals surface area contributed by atoms with Gasteiger partial charge in [0.25, 0.3) is 0 Å². The Morgan fingerprint density at radius 1 is 1.32 bits per heavy atom. The van der Waals surface area contributed by atoms with Gasteiger partial charge in [-0.25, -0.2) is 0 Å². The fourth-order valence-electron chi connectivity index (χ4n) is 2.54. The highest BCUT2D eigenvalue weighted by molar-refractivity contribution is 7.80. The van der Waals surface area contributed by atoms with E-state index in [1.54, 1.807) is 0 Å². The van der Waals surface area contributed by atoms with Crippen molar-refractivity contribution in [3.05, 3.63) is 0 Å². The lowest BCUT2D eigenvalue weighted by atomic mass is 10.1. The van der Waals surface area contributed by atoms with Gasteiger partial charge in [0.15, 0.2) is 0 Å². The lowest BCUT2D eigenvalue weighted by Crippen LogP contribution is -2.50. The predicted octanol–water partition coefficient (Wildman–Crippen LogP) is 1.63. The van der Waals surface area contributed by atoms with Crippen LogP contribution >= 0.6 is 12.2 Å². The molecule has 0 bridgehead atoms. The first kappa shape index (κ1) is 16.4. The van der Waals surface area contributed by atoms with E-state index in [0.29, 0.717) is 4.99 Å². The molecule has 0 aromatic carbocycles. The zero-order chi connectivity index (χ0) is 14.4. The van der Waals surface area contributed by atoms with Crippen molar-refractivity contribution in [1.29, 1.82) is 0 Å². The van der Waals surface area contributed by atoms with Crippen molar-refractivity contribution >= 4 is 23.1 Å². The minimum Gasteiger partial charge on any atom is -0.393 e. The molecule has 0 saturated carbocycles. The Morgan fingerprint density at radius 3 is 2.37 bits per heavy atom. The van der Waals surface area contributed by atoms with E-state index in [2.05, 4.69) is 11.8 Å². The Hall–Kier alpha value is -0.680. The van der Waals surface area contributed by atoms with Crippen molar-refractivity contribution in [3.8, 4) is 0 Å². The van der Waals surface area contributed by atoms with Crippen LogP contribution in [0.5, 0.6) is 0 Å². The molecule has 19 heavy (non-hydrogen) atoms. The molecule has 4 nitrogen and oxygen atoms in total. The van der Waals surface area contributed by atoms with E-state index in [1.807, 2.05) is 18.7 Å². The normalized spacial score (nSPS) is 19.3. The van der Waals surface area contributed by atoms with E-state index in [-0.39, 0.29) is 17.9 Å². The molecule has 1 aliphatic rings. The third-order valence-corrected chi connectivity index (χ3v) is 4.38. The summed E-state index contributed by atoms with van der Waals surface area (Å²) in [6, 6.07) is -0.0834. The van der Waals surface area contributed by atoms with Crippen molar-refractivity contribution in [1.82, 2.24) is 9.80 Å². The van der Waals surface area contributed by atoms with E-state index < -0.39 is 0 Å². The van der Waals surface area contributed by atoms with Crippen molar-refractivity contribution in [2.24, 2.45) is 11.7 Å². The van der Waals surface area contributed by atoms with Crippen LogP contribution in [0.15, 0.2) is 0 Å². The number of nitrogens with two attached hydrogens (primary N) is 1. The van der Waals surface area contributed by atoms with E-state index in [9.17, 15) is 4.79 Å². The lowest BCUT2D eigenvalue weighted by Gasteiger charge is -2.35. The summed E-state index contributed by atoms with van der Waals surface area (Å²) in [7, 11) is 0. The van der Waals surface area contributed by atoms with E-state index in [4.69, 9.17) is 18.0 Å². The van der Waals surface area contributed by atoms with Crippen LogP contribution in [0, 0.1) is 5.92 Å². The Labute approximate surface area is 122 Å². The molecule has 1 amide bonds. The van der Waals surface area contributed by atoms with Crippen LogP contribution < -0.4 is 5.73 Å².